The van der Waals surface area contributed by atoms with Gasteiger partial charge in [-0.25, -0.2) is 0 Å². The molecule has 1 atom stereocenters. The van der Waals surface area contributed by atoms with Gasteiger partial charge in [-0.3, -0.25) is 16.0 Å². The summed E-state index contributed by atoms with van der Waals surface area (Å²) in [5, 5.41) is 4.03. The molecular formula is C14H17F3N4. The Balaban J connectivity index is 2.20. The number of nitrogens with two attached hydrogens (primary N) is 1. The Morgan fingerprint density at radius 1 is 1.29 bits per heavy atom. The van der Waals surface area contributed by atoms with Gasteiger partial charge in [-0.2, -0.15) is 18.3 Å². The van der Waals surface area contributed by atoms with Crippen LogP contribution in [0.2, 0.25) is 0 Å². The maximum Gasteiger partial charge on any atom is 0.416 e. The van der Waals surface area contributed by atoms with E-state index in [2.05, 4.69) is 10.5 Å². The third-order valence-electron chi connectivity index (χ3n) is 3.45. The summed E-state index contributed by atoms with van der Waals surface area (Å²) in [4.78, 5) is 0. The largest absolute Gasteiger partial charge is 0.416 e. The lowest BCUT2D eigenvalue weighted by Crippen LogP contribution is -2.30. The number of rotatable bonds is 5. The average Bonchev–Trinajstić information content (AvgIpc) is 2.84. The van der Waals surface area contributed by atoms with Crippen molar-refractivity contribution < 1.29 is 13.2 Å². The van der Waals surface area contributed by atoms with Crippen LogP contribution in [0.15, 0.2) is 36.5 Å². The van der Waals surface area contributed by atoms with Crippen LogP contribution in [0, 0.1) is 0 Å². The Morgan fingerprint density at radius 2 is 2.00 bits per heavy atom. The van der Waals surface area contributed by atoms with Crippen LogP contribution >= 0.6 is 0 Å². The second kappa shape index (κ2) is 6.28. The summed E-state index contributed by atoms with van der Waals surface area (Å²) >= 11 is 0. The minimum Gasteiger partial charge on any atom is -0.273 e. The molecule has 0 amide bonds. The number of nitrogens with one attached hydrogen (secondary N) is 1. The Kier molecular flexibility index (Phi) is 4.64. The zero-order valence-electron chi connectivity index (χ0n) is 11.6. The first-order chi connectivity index (χ1) is 9.93. The molecule has 21 heavy (non-hydrogen) atoms. The maximum atomic E-state index is 13.0. The molecule has 0 aliphatic carbocycles. The molecule has 0 aliphatic heterocycles. The minimum absolute atomic E-state index is 0.162. The number of aromatic nitrogens is 2. The van der Waals surface area contributed by atoms with Gasteiger partial charge in [0.1, 0.15) is 0 Å². The third-order valence-corrected chi connectivity index (χ3v) is 3.45. The fourth-order valence-electron chi connectivity index (χ4n) is 2.33. The van der Waals surface area contributed by atoms with Gasteiger partial charge in [0.15, 0.2) is 0 Å². The summed E-state index contributed by atoms with van der Waals surface area (Å²) in [7, 11) is 1.80. The number of halogens is 3. The molecule has 1 aromatic carbocycles. The van der Waals surface area contributed by atoms with Crippen LogP contribution in [0.5, 0.6) is 0 Å². The molecule has 0 saturated heterocycles. The van der Waals surface area contributed by atoms with Gasteiger partial charge in [-0.15, -0.1) is 0 Å². The van der Waals surface area contributed by atoms with Crippen molar-refractivity contribution in [2.24, 2.45) is 12.9 Å². The first-order valence-corrected chi connectivity index (χ1v) is 6.52. The molecule has 0 aliphatic rings. The maximum absolute atomic E-state index is 13.0. The van der Waals surface area contributed by atoms with Crippen LogP contribution in [0.3, 0.4) is 0 Å². The summed E-state index contributed by atoms with van der Waals surface area (Å²) in [6.07, 6.45) is -1.71. The predicted molar refractivity (Wildman–Crippen MR) is 73.0 cm³/mol. The van der Waals surface area contributed by atoms with Gasteiger partial charge in [0.25, 0.3) is 0 Å². The molecule has 114 valence electrons. The molecule has 0 saturated carbocycles. The average molecular weight is 298 g/mol. The number of alkyl halides is 3. The van der Waals surface area contributed by atoms with Crippen molar-refractivity contribution in [1.82, 2.24) is 15.2 Å². The summed E-state index contributed by atoms with van der Waals surface area (Å²) in [6, 6.07) is 6.75. The molecule has 1 unspecified atom stereocenters. The second-order valence-corrected chi connectivity index (χ2v) is 4.79. The number of benzene rings is 1. The van der Waals surface area contributed by atoms with Gasteiger partial charge in [0, 0.05) is 25.0 Å². The molecule has 7 heteroatoms. The van der Waals surface area contributed by atoms with Crippen molar-refractivity contribution in [2.75, 3.05) is 0 Å². The lowest BCUT2D eigenvalue weighted by atomic mass is 9.96. The molecule has 0 spiro atoms. The lowest BCUT2D eigenvalue weighted by Gasteiger charge is -2.21. The topological polar surface area (TPSA) is 55.9 Å². The van der Waals surface area contributed by atoms with Crippen molar-refractivity contribution in [3.63, 3.8) is 0 Å². The second-order valence-electron chi connectivity index (χ2n) is 4.79. The fraction of sp³-hybridized carbons (Fsp3) is 0.357. The summed E-state index contributed by atoms with van der Waals surface area (Å²) in [5.74, 6) is 5.45. The molecule has 2 rings (SSSR count). The summed E-state index contributed by atoms with van der Waals surface area (Å²) < 4.78 is 40.8. The van der Waals surface area contributed by atoms with E-state index < -0.39 is 17.8 Å². The van der Waals surface area contributed by atoms with Crippen molar-refractivity contribution in [3.8, 4) is 0 Å². The van der Waals surface area contributed by atoms with Gasteiger partial charge in [-0.1, -0.05) is 18.2 Å². The molecule has 1 aromatic heterocycles. The molecule has 0 fully saturated rings. The molecule has 0 bridgehead atoms. The van der Waals surface area contributed by atoms with Gasteiger partial charge < -0.3 is 0 Å². The van der Waals surface area contributed by atoms with E-state index in [1.54, 1.807) is 24.0 Å². The van der Waals surface area contributed by atoms with E-state index in [0.29, 0.717) is 12.8 Å². The zero-order valence-corrected chi connectivity index (χ0v) is 11.6. The van der Waals surface area contributed by atoms with E-state index in [1.165, 1.54) is 12.1 Å². The quantitative estimate of drug-likeness (QED) is 0.659. The Hall–Kier alpha value is -1.86. The van der Waals surface area contributed by atoms with Gasteiger partial charge >= 0.3 is 6.18 Å². The zero-order chi connectivity index (χ0) is 15.5. The van der Waals surface area contributed by atoms with Crippen LogP contribution < -0.4 is 11.3 Å². The van der Waals surface area contributed by atoms with Gasteiger partial charge in [0.05, 0.1) is 5.56 Å². The Morgan fingerprint density at radius 3 is 2.57 bits per heavy atom. The van der Waals surface area contributed by atoms with Crippen molar-refractivity contribution in [3.05, 3.63) is 53.3 Å². The normalized spacial score (nSPS) is 13.4. The van der Waals surface area contributed by atoms with E-state index >= 15 is 0 Å². The number of hydrazine groups is 1. The van der Waals surface area contributed by atoms with Crippen LogP contribution in [-0.4, -0.2) is 9.78 Å². The van der Waals surface area contributed by atoms with Crippen LogP contribution in [0.4, 0.5) is 13.2 Å². The van der Waals surface area contributed by atoms with Crippen LogP contribution in [-0.2, 0) is 19.6 Å². The standard InChI is InChI=1S/C14H17F3N4/c1-21-10(8-9-19-21)6-7-13(20-18)11-4-2-3-5-12(11)14(15,16)17/h2-5,8-9,13,20H,6-7,18H2,1H3. The van der Waals surface area contributed by atoms with Crippen molar-refractivity contribution >= 4 is 0 Å². The van der Waals surface area contributed by atoms with Crippen LogP contribution in [0.1, 0.15) is 29.3 Å². The number of hydrogen-bond donors (Lipinski definition) is 2. The van der Waals surface area contributed by atoms with E-state index in [0.717, 1.165) is 11.8 Å². The molecule has 3 N–H and O–H groups in total. The monoisotopic (exact) mass is 298 g/mol. The molecular weight excluding hydrogens is 281 g/mol. The highest BCUT2D eigenvalue weighted by atomic mass is 19.4. The molecule has 4 nitrogen and oxygen atoms in total. The summed E-state index contributed by atoms with van der Waals surface area (Å²) in [5.41, 5.74) is 2.93. The van der Waals surface area contributed by atoms with E-state index in [4.69, 9.17) is 5.84 Å². The van der Waals surface area contributed by atoms with Crippen molar-refractivity contribution in [1.29, 1.82) is 0 Å². The minimum atomic E-state index is -4.39. The van der Waals surface area contributed by atoms with Gasteiger partial charge in [-0.05, 0) is 30.5 Å². The first kappa shape index (κ1) is 15.5. The molecule has 2 aromatic rings. The number of aryl methyl sites for hydroxylation is 2. The third kappa shape index (κ3) is 3.62. The van der Waals surface area contributed by atoms with E-state index in [1.807, 2.05) is 6.07 Å². The molecule has 1 heterocycles. The highest BCUT2D eigenvalue weighted by molar-refractivity contribution is 5.32. The highest BCUT2D eigenvalue weighted by Crippen LogP contribution is 2.35. The number of nitrogens with zero attached hydrogens (tertiary/aromatic N) is 2. The fourth-order valence-corrected chi connectivity index (χ4v) is 2.33. The SMILES string of the molecule is Cn1nccc1CCC(NN)c1ccccc1C(F)(F)F. The number of hydrogen-bond acceptors (Lipinski definition) is 3. The Bertz CT molecular complexity index is 592. The van der Waals surface area contributed by atoms with E-state index in [-0.39, 0.29) is 5.56 Å². The molecule has 0 radical (unpaired) electrons. The van der Waals surface area contributed by atoms with Gasteiger partial charge in [0.2, 0.25) is 0 Å². The predicted octanol–water partition coefficient (Wildman–Crippen LogP) is 2.58. The van der Waals surface area contributed by atoms with E-state index in [9.17, 15) is 13.2 Å². The smallest absolute Gasteiger partial charge is 0.273 e. The first-order valence-electron chi connectivity index (χ1n) is 6.52. The lowest BCUT2D eigenvalue weighted by molar-refractivity contribution is -0.138. The van der Waals surface area contributed by atoms with Crippen LogP contribution in [0.25, 0.3) is 0 Å². The Labute approximate surface area is 120 Å². The highest BCUT2D eigenvalue weighted by Gasteiger charge is 2.34. The van der Waals surface area contributed by atoms with Crippen molar-refractivity contribution in [2.45, 2.75) is 25.1 Å². The summed E-state index contributed by atoms with van der Waals surface area (Å²) in [6.45, 7) is 0.